The molecule has 1 aromatic carbocycles. The molecule has 0 aliphatic carbocycles. The number of hydrogen-bond donors (Lipinski definition) is 1. The lowest BCUT2D eigenvalue weighted by atomic mass is 10.0. The van der Waals surface area contributed by atoms with Crippen LogP contribution in [0.4, 0.5) is 0 Å². The molecule has 0 saturated carbocycles. The second kappa shape index (κ2) is 10.1. The van der Waals surface area contributed by atoms with E-state index < -0.39 is 0 Å². The highest BCUT2D eigenvalue weighted by Gasteiger charge is 2.02. The molecule has 0 unspecified atom stereocenters. The van der Waals surface area contributed by atoms with Crippen LogP contribution in [0, 0.1) is 0 Å². The highest BCUT2D eigenvalue weighted by molar-refractivity contribution is 5.71. The van der Waals surface area contributed by atoms with E-state index in [0.29, 0.717) is 0 Å². The fourth-order valence-electron chi connectivity index (χ4n) is 2.54. The number of nitrogens with zero attached hydrogens (tertiary/aromatic N) is 1. The molecule has 0 bridgehead atoms. The molecule has 0 atom stereocenters. The quantitative estimate of drug-likeness (QED) is 0.504. The van der Waals surface area contributed by atoms with Gasteiger partial charge in [0, 0.05) is 23.8 Å². The molecule has 1 N–H and O–H groups in total. The van der Waals surface area contributed by atoms with Crippen molar-refractivity contribution in [3.63, 3.8) is 0 Å². The van der Waals surface area contributed by atoms with Crippen molar-refractivity contribution < 1.29 is 0 Å². The topological polar surface area (TPSA) is 24.9 Å². The van der Waals surface area contributed by atoms with Gasteiger partial charge in [-0.1, -0.05) is 75.2 Å². The molecule has 2 aromatic rings. The van der Waals surface area contributed by atoms with Crippen molar-refractivity contribution in [3.05, 3.63) is 115 Å². The third kappa shape index (κ3) is 6.59. The molecule has 0 aliphatic heterocycles. The van der Waals surface area contributed by atoms with Gasteiger partial charge in [0.1, 0.15) is 0 Å². The summed E-state index contributed by atoms with van der Waals surface area (Å²) < 4.78 is 0. The van der Waals surface area contributed by atoms with Gasteiger partial charge in [-0.05, 0) is 53.7 Å². The van der Waals surface area contributed by atoms with Crippen molar-refractivity contribution in [2.45, 2.75) is 26.2 Å². The van der Waals surface area contributed by atoms with Gasteiger partial charge in [0.05, 0.1) is 0 Å². The zero-order valence-electron chi connectivity index (χ0n) is 16.2. The van der Waals surface area contributed by atoms with Crippen LogP contribution >= 0.6 is 0 Å². The number of aryl methyl sites for hydroxylation is 1. The van der Waals surface area contributed by atoms with Gasteiger partial charge in [-0.25, -0.2) is 0 Å². The van der Waals surface area contributed by atoms with E-state index in [1.807, 2.05) is 30.5 Å². The standard InChI is InChI=1S/C25H28N2/c1-6-21(4)27-22(5)24-10-7-9-23(17-24)15-13-19(2)12-14-20(3)25-11-8-16-26-18-25/h7-12,14,16-18,27H,2-6,13,15H2,1H3/b14-12-. The molecule has 0 fully saturated rings. The van der Waals surface area contributed by atoms with Gasteiger partial charge in [0.25, 0.3) is 0 Å². The Morgan fingerprint density at radius 3 is 2.52 bits per heavy atom. The zero-order chi connectivity index (χ0) is 19.6. The number of allylic oxidation sites excluding steroid dienone is 5. The van der Waals surface area contributed by atoms with Gasteiger partial charge in [-0.2, -0.15) is 0 Å². The van der Waals surface area contributed by atoms with Crippen LogP contribution in [0.15, 0.2) is 98.5 Å². The molecule has 0 radical (unpaired) electrons. The van der Waals surface area contributed by atoms with E-state index in [1.54, 1.807) is 6.20 Å². The van der Waals surface area contributed by atoms with E-state index in [4.69, 9.17) is 0 Å². The minimum Gasteiger partial charge on any atom is -0.359 e. The average molecular weight is 357 g/mol. The fraction of sp³-hybridized carbons (Fsp3) is 0.160. The Morgan fingerprint density at radius 1 is 1.04 bits per heavy atom. The molecular weight excluding hydrogens is 328 g/mol. The second-order valence-electron chi connectivity index (χ2n) is 6.52. The van der Waals surface area contributed by atoms with Crippen molar-refractivity contribution in [2.75, 3.05) is 0 Å². The number of hydrogen-bond acceptors (Lipinski definition) is 2. The summed E-state index contributed by atoms with van der Waals surface area (Å²) >= 11 is 0. The van der Waals surface area contributed by atoms with Gasteiger partial charge in [0.2, 0.25) is 0 Å². The third-order valence-electron chi connectivity index (χ3n) is 4.32. The molecule has 0 spiro atoms. The highest BCUT2D eigenvalue weighted by Crippen LogP contribution is 2.18. The van der Waals surface area contributed by atoms with Gasteiger partial charge in [-0.3, -0.25) is 4.98 Å². The number of benzene rings is 1. The number of aromatic nitrogens is 1. The van der Waals surface area contributed by atoms with Crippen LogP contribution in [0.25, 0.3) is 11.3 Å². The molecule has 0 saturated heterocycles. The minimum atomic E-state index is 0.884. The maximum absolute atomic E-state index is 4.16. The summed E-state index contributed by atoms with van der Waals surface area (Å²) in [7, 11) is 0. The molecule has 2 nitrogen and oxygen atoms in total. The lowest BCUT2D eigenvalue weighted by molar-refractivity contribution is 0.957. The van der Waals surface area contributed by atoms with Crippen molar-refractivity contribution >= 4 is 11.3 Å². The SMILES string of the molecule is C=C(/C=C\C(=C)c1cccnc1)CCc1cccc(C(=C)NC(=C)CC)c1. The predicted molar refractivity (Wildman–Crippen MR) is 118 cm³/mol. The Bertz CT molecular complexity index is 857. The van der Waals surface area contributed by atoms with Crippen LogP contribution < -0.4 is 5.32 Å². The average Bonchev–Trinajstić information content (AvgIpc) is 2.71. The van der Waals surface area contributed by atoms with E-state index in [1.165, 1.54) is 5.56 Å². The Morgan fingerprint density at radius 2 is 1.81 bits per heavy atom. The summed E-state index contributed by atoms with van der Waals surface area (Å²) in [6.07, 6.45) is 10.3. The molecule has 1 aromatic heterocycles. The van der Waals surface area contributed by atoms with Gasteiger partial charge in [0.15, 0.2) is 0 Å². The predicted octanol–water partition coefficient (Wildman–Crippen LogP) is 6.32. The van der Waals surface area contributed by atoms with Gasteiger partial charge >= 0.3 is 0 Å². The van der Waals surface area contributed by atoms with Crippen LogP contribution in [0.2, 0.25) is 0 Å². The van der Waals surface area contributed by atoms with Crippen LogP contribution in [0.1, 0.15) is 36.5 Å². The summed E-state index contributed by atoms with van der Waals surface area (Å²) in [4.78, 5) is 4.12. The molecule has 27 heavy (non-hydrogen) atoms. The summed E-state index contributed by atoms with van der Waals surface area (Å²) in [6.45, 7) is 18.4. The lowest BCUT2D eigenvalue weighted by Crippen LogP contribution is -2.09. The zero-order valence-corrected chi connectivity index (χ0v) is 16.2. The second-order valence-corrected chi connectivity index (χ2v) is 6.52. The van der Waals surface area contributed by atoms with Crippen molar-refractivity contribution in [1.82, 2.24) is 10.3 Å². The largest absolute Gasteiger partial charge is 0.359 e. The number of rotatable bonds is 10. The minimum absolute atomic E-state index is 0.884. The first kappa shape index (κ1) is 20.2. The maximum Gasteiger partial charge on any atom is 0.0382 e. The lowest BCUT2D eigenvalue weighted by Gasteiger charge is -2.12. The number of nitrogens with one attached hydrogen (secondary N) is 1. The van der Waals surface area contributed by atoms with Crippen molar-refractivity contribution in [2.24, 2.45) is 0 Å². The molecular formula is C25H28N2. The van der Waals surface area contributed by atoms with Crippen molar-refractivity contribution in [3.8, 4) is 0 Å². The van der Waals surface area contributed by atoms with E-state index in [0.717, 1.165) is 52.9 Å². The first-order chi connectivity index (χ1) is 13.0. The van der Waals surface area contributed by atoms with E-state index in [2.05, 4.69) is 67.8 Å². The first-order valence-corrected chi connectivity index (χ1v) is 9.17. The Kier molecular flexibility index (Phi) is 7.57. The van der Waals surface area contributed by atoms with Crippen LogP contribution in [0.3, 0.4) is 0 Å². The number of pyridine rings is 1. The summed E-state index contributed by atoms with van der Waals surface area (Å²) in [5.41, 5.74) is 7.24. The summed E-state index contributed by atoms with van der Waals surface area (Å²) in [6, 6.07) is 12.3. The van der Waals surface area contributed by atoms with Crippen LogP contribution in [-0.2, 0) is 6.42 Å². The molecule has 0 amide bonds. The van der Waals surface area contributed by atoms with E-state index in [9.17, 15) is 0 Å². The Balaban J connectivity index is 1.90. The normalized spacial score (nSPS) is 10.6. The smallest absolute Gasteiger partial charge is 0.0382 e. The fourth-order valence-corrected chi connectivity index (χ4v) is 2.54. The van der Waals surface area contributed by atoms with E-state index in [-0.39, 0.29) is 0 Å². The van der Waals surface area contributed by atoms with Crippen LogP contribution in [-0.4, -0.2) is 4.98 Å². The third-order valence-corrected chi connectivity index (χ3v) is 4.32. The van der Waals surface area contributed by atoms with Gasteiger partial charge < -0.3 is 5.32 Å². The summed E-state index contributed by atoms with van der Waals surface area (Å²) in [5, 5.41) is 3.25. The van der Waals surface area contributed by atoms with Gasteiger partial charge in [-0.15, -0.1) is 0 Å². The molecule has 138 valence electrons. The van der Waals surface area contributed by atoms with E-state index >= 15 is 0 Å². The first-order valence-electron chi connectivity index (χ1n) is 9.17. The maximum atomic E-state index is 4.16. The Labute approximate surface area is 163 Å². The molecule has 0 aliphatic rings. The molecule has 1 heterocycles. The summed E-state index contributed by atoms with van der Waals surface area (Å²) in [5.74, 6) is 0. The van der Waals surface area contributed by atoms with Crippen molar-refractivity contribution in [1.29, 1.82) is 0 Å². The molecule has 2 rings (SSSR count). The van der Waals surface area contributed by atoms with Crippen LogP contribution in [0.5, 0.6) is 0 Å². The monoisotopic (exact) mass is 356 g/mol. The highest BCUT2D eigenvalue weighted by atomic mass is 14.9. The Hall–Kier alpha value is -3.13. The molecule has 2 heteroatoms.